The first-order valence-corrected chi connectivity index (χ1v) is 7.50. The highest BCUT2D eigenvalue weighted by molar-refractivity contribution is 5.90. The first kappa shape index (κ1) is 12.7. The van der Waals surface area contributed by atoms with E-state index in [0.717, 1.165) is 25.8 Å². The summed E-state index contributed by atoms with van der Waals surface area (Å²) >= 11 is 0. The number of nitrogens with one attached hydrogen (secondary N) is 1. The highest BCUT2D eigenvalue weighted by atomic mass is 16.2. The van der Waals surface area contributed by atoms with E-state index in [1.54, 1.807) is 0 Å². The van der Waals surface area contributed by atoms with Crippen molar-refractivity contribution in [1.29, 1.82) is 0 Å². The first-order chi connectivity index (χ1) is 9.24. The molecular formula is C15H22N2O2. The number of carbonyl (C=O) groups excluding carboxylic acids is 2. The van der Waals surface area contributed by atoms with Crippen molar-refractivity contribution in [2.45, 2.75) is 51.0 Å². The van der Waals surface area contributed by atoms with Crippen molar-refractivity contribution < 1.29 is 9.59 Å². The molecule has 0 aromatic carbocycles. The summed E-state index contributed by atoms with van der Waals surface area (Å²) in [6.07, 6.45) is 9.54. The monoisotopic (exact) mass is 262 g/mol. The van der Waals surface area contributed by atoms with Gasteiger partial charge in [-0.2, -0.15) is 0 Å². The zero-order chi connectivity index (χ0) is 13.2. The Morgan fingerprint density at radius 3 is 2.79 bits per heavy atom. The molecule has 4 nitrogen and oxygen atoms in total. The average molecular weight is 262 g/mol. The second kappa shape index (κ2) is 5.35. The lowest BCUT2D eigenvalue weighted by atomic mass is 10.1. The van der Waals surface area contributed by atoms with Crippen LogP contribution in [0, 0.1) is 5.92 Å². The van der Waals surface area contributed by atoms with E-state index in [-0.39, 0.29) is 17.9 Å². The third-order valence-corrected chi connectivity index (χ3v) is 4.43. The van der Waals surface area contributed by atoms with Gasteiger partial charge in [-0.1, -0.05) is 11.6 Å². The summed E-state index contributed by atoms with van der Waals surface area (Å²) in [5, 5.41) is 2.90. The van der Waals surface area contributed by atoms with Crippen molar-refractivity contribution >= 4 is 11.8 Å². The Hall–Kier alpha value is -1.32. The van der Waals surface area contributed by atoms with Crippen molar-refractivity contribution in [1.82, 2.24) is 10.2 Å². The van der Waals surface area contributed by atoms with Crippen LogP contribution in [-0.4, -0.2) is 35.8 Å². The molecule has 0 aromatic heterocycles. The van der Waals surface area contributed by atoms with E-state index in [2.05, 4.69) is 11.4 Å². The number of hydrogen-bond acceptors (Lipinski definition) is 2. The molecule has 1 saturated heterocycles. The van der Waals surface area contributed by atoms with E-state index in [0.29, 0.717) is 18.9 Å². The van der Waals surface area contributed by atoms with Gasteiger partial charge >= 0.3 is 0 Å². The molecule has 1 atom stereocenters. The molecule has 1 aliphatic heterocycles. The van der Waals surface area contributed by atoms with Crippen LogP contribution in [0.4, 0.5) is 0 Å². The number of nitrogens with zero attached hydrogens (tertiary/aromatic N) is 1. The minimum atomic E-state index is -0.243. The number of hydrogen-bond donors (Lipinski definition) is 1. The summed E-state index contributed by atoms with van der Waals surface area (Å²) in [5.74, 6) is 0.572. The molecule has 2 amide bonds. The smallest absolute Gasteiger partial charge is 0.245 e. The molecule has 4 heteroatoms. The Bertz CT molecular complexity index is 412. The fourth-order valence-corrected chi connectivity index (χ4v) is 3.06. The zero-order valence-corrected chi connectivity index (χ0v) is 11.4. The minimum absolute atomic E-state index is 0.0350. The first-order valence-electron chi connectivity index (χ1n) is 7.50. The van der Waals surface area contributed by atoms with Crippen LogP contribution in [0.2, 0.25) is 0 Å². The highest BCUT2D eigenvalue weighted by Crippen LogP contribution is 2.34. The lowest BCUT2D eigenvalue weighted by Crippen LogP contribution is -2.46. The van der Waals surface area contributed by atoms with Crippen molar-refractivity contribution in [3.63, 3.8) is 0 Å². The van der Waals surface area contributed by atoms with Crippen LogP contribution >= 0.6 is 0 Å². The number of allylic oxidation sites excluding steroid dienone is 1. The fourth-order valence-electron chi connectivity index (χ4n) is 3.06. The van der Waals surface area contributed by atoms with Gasteiger partial charge in [0.1, 0.15) is 6.04 Å². The number of amides is 2. The molecule has 1 saturated carbocycles. The maximum Gasteiger partial charge on any atom is 0.245 e. The molecule has 0 radical (unpaired) electrons. The molecule has 1 N–H and O–H groups in total. The third kappa shape index (κ3) is 2.99. The summed E-state index contributed by atoms with van der Waals surface area (Å²) in [7, 11) is 0. The summed E-state index contributed by atoms with van der Waals surface area (Å²) in [6.45, 7) is 1.37. The largest absolute Gasteiger partial charge is 0.344 e. The molecule has 1 heterocycles. The molecule has 0 spiro atoms. The molecule has 3 aliphatic rings. The molecule has 104 valence electrons. The van der Waals surface area contributed by atoms with E-state index < -0.39 is 0 Å². The maximum absolute atomic E-state index is 12.5. The van der Waals surface area contributed by atoms with Crippen LogP contribution < -0.4 is 5.32 Å². The van der Waals surface area contributed by atoms with Crippen LogP contribution in [0.3, 0.4) is 0 Å². The average Bonchev–Trinajstić information content (AvgIpc) is 3.13. The summed E-state index contributed by atoms with van der Waals surface area (Å²) in [6, 6.07) is -0.243. The van der Waals surface area contributed by atoms with Gasteiger partial charge in [-0.15, -0.1) is 0 Å². The summed E-state index contributed by atoms with van der Waals surface area (Å²) in [5.41, 5.74) is 1.49. The molecule has 19 heavy (non-hydrogen) atoms. The number of carbonyl (C=O) groups is 2. The molecular weight excluding hydrogens is 240 g/mol. The Morgan fingerprint density at radius 2 is 2.11 bits per heavy atom. The predicted octanol–water partition coefficient (Wildman–Crippen LogP) is 1.61. The summed E-state index contributed by atoms with van der Waals surface area (Å²) in [4.78, 5) is 26.0. The van der Waals surface area contributed by atoms with Gasteiger partial charge in [0.05, 0.1) is 0 Å². The van der Waals surface area contributed by atoms with Crippen molar-refractivity contribution in [3.8, 4) is 0 Å². The molecule has 1 unspecified atom stereocenters. The van der Waals surface area contributed by atoms with Crippen LogP contribution in [-0.2, 0) is 9.59 Å². The van der Waals surface area contributed by atoms with E-state index in [1.165, 1.54) is 24.8 Å². The Labute approximate surface area is 114 Å². The van der Waals surface area contributed by atoms with E-state index in [9.17, 15) is 9.59 Å². The van der Waals surface area contributed by atoms with E-state index in [4.69, 9.17) is 0 Å². The van der Waals surface area contributed by atoms with Gasteiger partial charge in [-0.05, 0) is 44.4 Å². The van der Waals surface area contributed by atoms with Gasteiger partial charge in [0.25, 0.3) is 0 Å². The Balaban J connectivity index is 1.61. The fraction of sp³-hybridized carbons (Fsp3) is 0.733. The third-order valence-electron chi connectivity index (χ3n) is 4.43. The van der Waals surface area contributed by atoms with E-state index in [1.807, 2.05) is 4.90 Å². The van der Waals surface area contributed by atoms with Crippen molar-refractivity contribution in [3.05, 3.63) is 11.6 Å². The Morgan fingerprint density at radius 1 is 1.26 bits per heavy atom. The summed E-state index contributed by atoms with van der Waals surface area (Å²) < 4.78 is 0. The van der Waals surface area contributed by atoms with Gasteiger partial charge in [0.2, 0.25) is 11.8 Å². The van der Waals surface area contributed by atoms with Crippen LogP contribution in [0.1, 0.15) is 44.9 Å². The molecule has 0 aromatic rings. The molecule has 2 fully saturated rings. The maximum atomic E-state index is 12.5. The van der Waals surface area contributed by atoms with Crippen molar-refractivity contribution in [2.24, 2.45) is 5.92 Å². The van der Waals surface area contributed by atoms with Crippen LogP contribution in [0.15, 0.2) is 11.6 Å². The van der Waals surface area contributed by atoms with E-state index >= 15 is 0 Å². The second-order valence-corrected chi connectivity index (χ2v) is 5.96. The van der Waals surface area contributed by atoms with Gasteiger partial charge in [-0.3, -0.25) is 9.59 Å². The predicted molar refractivity (Wildman–Crippen MR) is 72.4 cm³/mol. The van der Waals surface area contributed by atoms with Gasteiger partial charge < -0.3 is 10.2 Å². The zero-order valence-electron chi connectivity index (χ0n) is 11.4. The highest BCUT2D eigenvalue weighted by Gasteiger charge is 2.40. The minimum Gasteiger partial charge on any atom is -0.344 e. The van der Waals surface area contributed by atoms with Gasteiger partial charge in [-0.25, -0.2) is 0 Å². The molecule has 0 bridgehead atoms. The quantitative estimate of drug-likeness (QED) is 0.783. The second-order valence-electron chi connectivity index (χ2n) is 5.96. The molecule has 2 aliphatic carbocycles. The lowest BCUT2D eigenvalue weighted by Gasteiger charge is -2.24. The normalized spacial score (nSPS) is 28.1. The topological polar surface area (TPSA) is 49.4 Å². The Kier molecular flexibility index (Phi) is 3.58. The van der Waals surface area contributed by atoms with Gasteiger partial charge in [0, 0.05) is 19.5 Å². The van der Waals surface area contributed by atoms with Gasteiger partial charge in [0.15, 0.2) is 0 Å². The standard InChI is InChI=1S/C15H22N2O2/c18-13-8-10-17(9-7-11-3-1-2-4-11)15(19)14(16-13)12-5-6-12/h3,12,14H,1-2,4-10H2,(H,16,18). The lowest BCUT2D eigenvalue weighted by molar-refractivity contribution is -0.134. The molecule has 3 rings (SSSR count). The number of rotatable bonds is 4. The van der Waals surface area contributed by atoms with Crippen LogP contribution in [0.5, 0.6) is 0 Å². The van der Waals surface area contributed by atoms with Crippen molar-refractivity contribution in [2.75, 3.05) is 13.1 Å². The van der Waals surface area contributed by atoms with Crippen LogP contribution in [0.25, 0.3) is 0 Å². The SMILES string of the molecule is O=C1CCN(CCC2=CCCC2)C(=O)C(C2CC2)N1.